The van der Waals surface area contributed by atoms with Crippen molar-refractivity contribution in [1.82, 2.24) is 14.5 Å². The number of nitrogens with zero attached hydrogens (tertiary/aromatic N) is 3. The summed E-state index contributed by atoms with van der Waals surface area (Å²) >= 11 is 1.86. The molecule has 4 aromatic heterocycles. The third kappa shape index (κ3) is 3.33. The topological polar surface area (TPSA) is 43.9 Å². The third-order valence-corrected chi connectivity index (χ3v) is 10.4. The lowest BCUT2D eigenvalue weighted by Crippen LogP contribution is -2.11. The van der Waals surface area contributed by atoms with E-state index < -0.39 is 0 Å². The first-order chi connectivity index (χ1) is 21.7. The van der Waals surface area contributed by atoms with Crippen LogP contribution in [0.3, 0.4) is 0 Å². The summed E-state index contributed by atoms with van der Waals surface area (Å²) in [5.74, 6) is 0.928. The van der Waals surface area contributed by atoms with Crippen molar-refractivity contribution in [2.45, 2.75) is 13.3 Å². The van der Waals surface area contributed by atoms with E-state index in [-0.39, 0.29) is 5.92 Å². The Morgan fingerprint density at radius 3 is 2.34 bits per heavy atom. The number of thiophene rings is 1. The van der Waals surface area contributed by atoms with E-state index in [9.17, 15) is 0 Å². The van der Waals surface area contributed by atoms with E-state index in [1.807, 2.05) is 23.5 Å². The second-order valence-electron chi connectivity index (χ2n) is 11.9. The molecule has 4 nitrogen and oxygen atoms in total. The van der Waals surface area contributed by atoms with Crippen molar-refractivity contribution in [2.75, 3.05) is 0 Å². The van der Waals surface area contributed by atoms with E-state index in [2.05, 4.69) is 115 Å². The molecule has 0 amide bonds. The lowest BCUT2D eigenvalue weighted by atomic mass is 9.85. The number of hydrogen-bond donors (Lipinski definition) is 0. The van der Waals surface area contributed by atoms with Gasteiger partial charge in [-0.15, -0.1) is 11.3 Å². The SMILES string of the molecule is CC1Cc2c(sc3ccccc23)C=C1c1nc(-n2c3ccccc3c3cc4ccccc4cc32)nc2c1oc1ccccc12. The summed E-state index contributed by atoms with van der Waals surface area (Å²) < 4.78 is 10.1. The quantitative estimate of drug-likeness (QED) is 0.203. The fraction of sp³-hybridized carbons (Fsp3) is 0.0769. The Morgan fingerprint density at radius 2 is 1.45 bits per heavy atom. The van der Waals surface area contributed by atoms with E-state index in [0.717, 1.165) is 45.2 Å². The van der Waals surface area contributed by atoms with Crippen molar-refractivity contribution >= 4 is 87.7 Å². The average Bonchev–Trinajstić information content (AvgIpc) is 3.72. The average molecular weight is 584 g/mol. The molecule has 0 bridgehead atoms. The molecule has 0 fully saturated rings. The molecule has 44 heavy (non-hydrogen) atoms. The van der Waals surface area contributed by atoms with Crippen molar-refractivity contribution < 1.29 is 4.42 Å². The molecule has 10 rings (SSSR count). The van der Waals surface area contributed by atoms with Crippen LogP contribution < -0.4 is 0 Å². The lowest BCUT2D eigenvalue weighted by Gasteiger charge is -2.21. The molecule has 0 saturated heterocycles. The fourth-order valence-electron chi connectivity index (χ4n) is 7.19. The molecule has 1 unspecified atom stereocenters. The van der Waals surface area contributed by atoms with Gasteiger partial charge in [0.25, 0.3) is 0 Å². The second-order valence-corrected chi connectivity index (χ2v) is 12.9. The maximum absolute atomic E-state index is 6.57. The number of allylic oxidation sites excluding steroid dienone is 1. The minimum Gasteiger partial charge on any atom is -0.452 e. The number of para-hydroxylation sites is 2. The van der Waals surface area contributed by atoms with Crippen LogP contribution in [0, 0.1) is 5.92 Å². The zero-order chi connectivity index (χ0) is 28.9. The Balaban J connectivity index is 1.32. The molecule has 1 atom stereocenters. The molecule has 9 aromatic rings. The van der Waals surface area contributed by atoms with Crippen molar-refractivity contribution in [1.29, 1.82) is 0 Å². The predicted molar refractivity (Wildman–Crippen MR) is 184 cm³/mol. The molecule has 0 N–H and O–H groups in total. The van der Waals surface area contributed by atoms with Gasteiger partial charge in [-0.3, -0.25) is 4.57 Å². The highest BCUT2D eigenvalue weighted by Crippen LogP contribution is 2.44. The number of hydrogen-bond acceptors (Lipinski definition) is 4. The molecule has 1 aliphatic carbocycles. The molecule has 5 aromatic carbocycles. The summed E-state index contributed by atoms with van der Waals surface area (Å²) in [5, 5.41) is 7.17. The van der Waals surface area contributed by atoms with Gasteiger partial charge in [0, 0.05) is 25.7 Å². The van der Waals surface area contributed by atoms with E-state index in [1.165, 1.54) is 47.6 Å². The van der Waals surface area contributed by atoms with Crippen LogP contribution in [0.1, 0.15) is 23.1 Å². The Kier molecular flexibility index (Phi) is 4.89. The van der Waals surface area contributed by atoms with Crippen LogP contribution in [0.4, 0.5) is 0 Å². The highest BCUT2D eigenvalue weighted by Gasteiger charge is 2.28. The summed E-state index contributed by atoms with van der Waals surface area (Å²) in [6.45, 7) is 2.31. The maximum Gasteiger partial charge on any atom is 0.236 e. The summed E-state index contributed by atoms with van der Waals surface area (Å²) in [7, 11) is 0. The number of fused-ring (bicyclic) bond motifs is 10. The van der Waals surface area contributed by atoms with Crippen molar-refractivity contribution in [3.63, 3.8) is 0 Å². The van der Waals surface area contributed by atoms with Gasteiger partial charge in [0.15, 0.2) is 5.58 Å². The van der Waals surface area contributed by atoms with Gasteiger partial charge < -0.3 is 4.42 Å². The normalized spacial score (nSPS) is 15.2. The van der Waals surface area contributed by atoms with Gasteiger partial charge in [-0.05, 0) is 82.1 Å². The minimum atomic E-state index is 0.266. The van der Waals surface area contributed by atoms with Crippen LogP contribution >= 0.6 is 11.3 Å². The first kappa shape index (κ1) is 24.2. The van der Waals surface area contributed by atoms with E-state index >= 15 is 0 Å². The fourth-order valence-corrected chi connectivity index (χ4v) is 8.38. The van der Waals surface area contributed by atoms with Gasteiger partial charge in [0.1, 0.15) is 16.8 Å². The smallest absolute Gasteiger partial charge is 0.236 e. The number of furan rings is 1. The van der Waals surface area contributed by atoms with Crippen molar-refractivity contribution in [3.8, 4) is 5.95 Å². The number of rotatable bonds is 2. The Labute approximate surface area is 256 Å². The van der Waals surface area contributed by atoms with Crippen LogP contribution in [-0.4, -0.2) is 14.5 Å². The zero-order valence-electron chi connectivity index (χ0n) is 23.9. The maximum atomic E-state index is 6.57. The number of aromatic nitrogens is 3. The summed E-state index contributed by atoms with van der Waals surface area (Å²) in [6.07, 6.45) is 3.32. The molecule has 1 aliphatic rings. The Hall–Kier alpha value is -5.26. The van der Waals surface area contributed by atoms with Crippen molar-refractivity contribution in [2.24, 2.45) is 5.92 Å². The molecule has 0 spiro atoms. The zero-order valence-corrected chi connectivity index (χ0v) is 24.7. The van der Waals surface area contributed by atoms with Crippen LogP contribution in [0.25, 0.3) is 82.3 Å². The van der Waals surface area contributed by atoms with Gasteiger partial charge >= 0.3 is 0 Å². The van der Waals surface area contributed by atoms with Crippen molar-refractivity contribution in [3.05, 3.63) is 125 Å². The summed E-state index contributed by atoms with van der Waals surface area (Å²) in [6, 6.07) is 38.6. The Bertz CT molecular complexity index is 2670. The van der Waals surface area contributed by atoms with Gasteiger partial charge in [-0.1, -0.05) is 79.7 Å². The van der Waals surface area contributed by atoms with Crippen LogP contribution in [-0.2, 0) is 6.42 Å². The van der Waals surface area contributed by atoms with E-state index in [1.54, 1.807) is 0 Å². The first-order valence-electron chi connectivity index (χ1n) is 15.1. The standard InChI is InChI=1S/C39H25N3OS/c1-22-18-30-26-13-6-9-17-34(26)44-35(30)21-28(22)37-38-36(27-14-5-8-16-33(27)43-38)40-39(41-37)42-31-15-7-4-12-25(31)29-19-23-10-2-3-11-24(23)20-32(29)42/h2-17,19-22H,18H2,1H3. The van der Waals surface area contributed by atoms with Gasteiger partial charge in [-0.2, -0.15) is 0 Å². The molecule has 4 heterocycles. The van der Waals surface area contributed by atoms with Crippen LogP contribution in [0.5, 0.6) is 0 Å². The molecule has 208 valence electrons. The predicted octanol–water partition coefficient (Wildman–Crippen LogP) is 10.6. The lowest BCUT2D eigenvalue weighted by molar-refractivity contribution is 0.659. The molecule has 0 saturated carbocycles. The largest absolute Gasteiger partial charge is 0.452 e. The molecular formula is C39H25N3OS. The number of benzene rings is 5. The van der Waals surface area contributed by atoms with E-state index in [4.69, 9.17) is 14.4 Å². The first-order valence-corrected chi connectivity index (χ1v) is 15.9. The highest BCUT2D eigenvalue weighted by molar-refractivity contribution is 7.20. The van der Waals surface area contributed by atoms with Gasteiger partial charge in [0.05, 0.1) is 11.0 Å². The second kappa shape index (κ2) is 8.88. The van der Waals surface area contributed by atoms with Crippen LogP contribution in [0.15, 0.2) is 114 Å². The molecule has 0 radical (unpaired) electrons. The monoisotopic (exact) mass is 583 g/mol. The Morgan fingerprint density at radius 1 is 0.727 bits per heavy atom. The molecule has 5 heteroatoms. The molecule has 0 aliphatic heterocycles. The minimum absolute atomic E-state index is 0.266. The summed E-state index contributed by atoms with van der Waals surface area (Å²) in [4.78, 5) is 12.0. The van der Waals surface area contributed by atoms with Gasteiger partial charge in [-0.25, -0.2) is 9.97 Å². The van der Waals surface area contributed by atoms with E-state index in [0.29, 0.717) is 5.95 Å². The van der Waals surface area contributed by atoms with Crippen LogP contribution in [0.2, 0.25) is 0 Å². The summed E-state index contributed by atoms with van der Waals surface area (Å²) in [5.41, 5.74) is 8.13. The molecular weight excluding hydrogens is 559 g/mol. The van der Waals surface area contributed by atoms with Gasteiger partial charge in [0.2, 0.25) is 5.95 Å². The highest BCUT2D eigenvalue weighted by atomic mass is 32.1. The third-order valence-electron chi connectivity index (χ3n) is 9.28.